The number of nitrogens with zero attached hydrogens (tertiary/aromatic N) is 2. The summed E-state index contributed by atoms with van der Waals surface area (Å²) in [6.07, 6.45) is 4.97. The molecule has 0 bridgehead atoms. The Kier molecular flexibility index (Phi) is 4.19. The van der Waals surface area contributed by atoms with Crippen LogP contribution >= 0.6 is 15.9 Å². The third-order valence-corrected chi connectivity index (χ3v) is 3.55. The van der Waals surface area contributed by atoms with Crippen LogP contribution in [0.2, 0.25) is 0 Å². The van der Waals surface area contributed by atoms with Gasteiger partial charge in [0.05, 0.1) is 12.3 Å². The molecule has 96 valence electrons. The summed E-state index contributed by atoms with van der Waals surface area (Å²) in [7, 11) is 1.90. The number of hydrogen-bond donors (Lipinski definition) is 1. The van der Waals surface area contributed by atoms with E-state index in [0.29, 0.717) is 6.42 Å². The number of rotatable bonds is 4. The zero-order valence-electron chi connectivity index (χ0n) is 10.6. The lowest BCUT2D eigenvalue weighted by Gasteiger charge is -2.13. The molecule has 1 N–H and O–H groups in total. The molecule has 0 fully saturated rings. The van der Waals surface area contributed by atoms with Crippen LogP contribution in [0.25, 0.3) is 0 Å². The Hall–Kier alpha value is -1.13. The Labute approximate surface area is 116 Å². The Morgan fingerprint density at radius 2 is 2.22 bits per heavy atom. The minimum atomic E-state index is -0.418. The molecule has 0 aliphatic carbocycles. The number of aryl methyl sites for hydroxylation is 3. The zero-order chi connectivity index (χ0) is 13.1. The molecule has 0 radical (unpaired) electrons. The second-order valence-electron chi connectivity index (χ2n) is 4.58. The maximum atomic E-state index is 10.2. The lowest BCUT2D eigenvalue weighted by atomic mass is 9.99. The molecule has 4 heteroatoms. The summed E-state index contributed by atoms with van der Waals surface area (Å²) in [5, 5.41) is 14.3. The Balaban J connectivity index is 2.01. The molecule has 1 aromatic carbocycles. The van der Waals surface area contributed by atoms with Gasteiger partial charge in [-0.3, -0.25) is 4.68 Å². The molecular formula is C14H17BrN2O. The first-order valence-electron chi connectivity index (χ1n) is 5.98. The van der Waals surface area contributed by atoms with Crippen molar-refractivity contribution in [3.05, 3.63) is 51.8 Å². The van der Waals surface area contributed by atoms with E-state index in [4.69, 9.17) is 0 Å². The molecule has 0 amide bonds. The number of aromatic nitrogens is 2. The minimum absolute atomic E-state index is 0.418. The fourth-order valence-corrected chi connectivity index (χ4v) is 2.55. The van der Waals surface area contributed by atoms with Crippen molar-refractivity contribution in [1.82, 2.24) is 9.78 Å². The predicted octanol–water partition coefficient (Wildman–Crippen LogP) is 3.16. The van der Waals surface area contributed by atoms with Crippen molar-refractivity contribution in [2.75, 3.05) is 0 Å². The van der Waals surface area contributed by atoms with E-state index in [1.54, 1.807) is 4.68 Å². The molecule has 2 aromatic rings. The molecule has 1 heterocycles. The lowest BCUT2D eigenvalue weighted by molar-refractivity contribution is 0.167. The second kappa shape index (κ2) is 5.67. The summed E-state index contributed by atoms with van der Waals surface area (Å²) in [6.45, 7) is 2.02. The van der Waals surface area contributed by atoms with Gasteiger partial charge in [0.25, 0.3) is 0 Å². The topological polar surface area (TPSA) is 38.1 Å². The predicted molar refractivity (Wildman–Crippen MR) is 75.4 cm³/mol. The van der Waals surface area contributed by atoms with Crippen molar-refractivity contribution in [3.63, 3.8) is 0 Å². The summed E-state index contributed by atoms with van der Waals surface area (Å²) in [4.78, 5) is 0. The number of halogens is 1. The van der Waals surface area contributed by atoms with Crippen LogP contribution in [0.1, 0.15) is 29.2 Å². The van der Waals surface area contributed by atoms with Gasteiger partial charge in [-0.2, -0.15) is 5.10 Å². The van der Waals surface area contributed by atoms with Crippen molar-refractivity contribution < 1.29 is 5.11 Å². The van der Waals surface area contributed by atoms with Crippen LogP contribution in [0.3, 0.4) is 0 Å². The van der Waals surface area contributed by atoms with Gasteiger partial charge >= 0.3 is 0 Å². The Bertz CT molecular complexity index is 536. The highest BCUT2D eigenvalue weighted by atomic mass is 79.9. The number of hydrogen-bond acceptors (Lipinski definition) is 2. The molecule has 1 aromatic heterocycles. The normalized spacial score (nSPS) is 12.7. The summed E-state index contributed by atoms with van der Waals surface area (Å²) in [5.41, 5.74) is 3.27. The van der Waals surface area contributed by atoms with Gasteiger partial charge in [-0.05, 0) is 48.6 Å². The third kappa shape index (κ3) is 3.21. The highest BCUT2D eigenvalue weighted by Gasteiger charge is 2.11. The highest BCUT2D eigenvalue weighted by molar-refractivity contribution is 9.10. The lowest BCUT2D eigenvalue weighted by Crippen LogP contribution is -2.01. The van der Waals surface area contributed by atoms with E-state index in [1.807, 2.05) is 44.6 Å². The number of benzene rings is 1. The van der Waals surface area contributed by atoms with Crippen LogP contribution in [0.15, 0.2) is 35.1 Å². The smallest absolute Gasteiger partial charge is 0.0795 e. The molecule has 3 nitrogen and oxygen atoms in total. The van der Waals surface area contributed by atoms with Gasteiger partial charge in [0.15, 0.2) is 0 Å². The van der Waals surface area contributed by atoms with Crippen LogP contribution < -0.4 is 0 Å². The van der Waals surface area contributed by atoms with Crippen molar-refractivity contribution in [2.45, 2.75) is 25.9 Å². The maximum absolute atomic E-state index is 10.2. The Morgan fingerprint density at radius 1 is 1.44 bits per heavy atom. The minimum Gasteiger partial charge on any atom is -0.388 e. The SMILES string of the molecule is Cc1cc(Br)ccc1C(O)CCc1cnn(C)c1. The second-order valence-corrected chi connectivity index (χ2v) is 5.49. The summed E-state index contributed by atoms with van der Waals surface area (Å²) in [6, 6.07) is 5.98. The van der Waals surface area contributed by atoms with Gasteiger partial charge in [0.2, 0.25) is 0 Å². The van der Waals surface area contributed by atoms with E-state index >= 15 is 0 Å². The molecule has 0 aliphatic rings. The van der Waals surface area contributed by atoms with E-state index in [2.05, 4.69) is 21.0 Å². The fourth-order valence-electron chi connectivity index (χ4n) is 2.07. The highest BCUT2D eigenvalue weighted by Crippen LogP contribution is 2.24. The van der Waals surface area contributed by atoms with Crippen LogP contribution in [0.4, 0.5) is 0 Å². The van der Waals surface area contributed by atoms with E-state index in [-0.39, 0.29) is 0 Å². The van der Waals surface area contributed by atoms with Crippen molar-refractivity contribution in [3.8, 4) is 0 Å². The first kappa shape index (κ1) is 13.3. The molecule has 0 saturated carbocycles. The Morgan fingerprint density at radius 3 is 2.83 bits per heavy atom. The molecule has 0 saturated heterocycles. The van der Waals surface area contributed by atoms with Gasteiger partial charge < -0.3 is 5.11 Å². The van der Waals surface area contributed by atoms with Gasteiger partial charge in [-0.25, -0.2) is 0 Å². The van der Waals surface area contributed by atoms with E-state index in [9.17, 15) is 5.11 Å². The molecule has 0 spiro atoms. The number of aliphatic hydroxyl groups excluding tert-OH is 1. The van der Waals surface area contributed by atoms with E-state index in [0.717, 1.165) is 27.6 Å². The summed E-state index contributed by atoms with van der Waals surface area (Å²) >= 11 is 3.43. The molecule has 2 rings (SSSR count). The van der Waals surface area contributed by atoms with E-state index < -0.39 is 6.10 Å². The molecule has 0 aliphatic heterocycles. The van der Waals surface area contributed by atoms with Gasteiger partial charge in [-0.1, -0.05) is 22.0 Å². The molecule has 18 heavy (non-hydrogen) atoms. The van der Waals surface area contributed by atoms with Crippen molar-refractivity contribution >= 4 is 15.9 Å². The average molecular weight is 309 g/mol. The van der Waals surface area contributed by atoms with Gasteiger partial charge in [0.1, 0.15) is 0 Å². The standard InChI is InChI=1S/C14H17BrN2O/c1-10-7-12(15)4-5-13(10)14(18)6-3-11-8-16-17(2)9-11/h4-5,7-9,14,18H,3,6H2,1-2H3. The fraction of sp³-hybridized carbons (Fsp3) is 0.357. The van der Waals surface area contributed by atoms with Crippen molar-refractivity contribution in [2.24, 2.45) is 7.05 Å². The molecule has 1 atom stereocenters. The van der Waals surface area contributed by atoms with Crippen LogP contribution in [-0.2, 0) is 13.5 Å². The first-order valence-corrected chi connectivity index (χ1v) is 6.77. The van der Waals surface area contributed by atoms with Crippen molar-refractivity contribution in [1.29, 1.82) is 0 Å². The third-order valence-electron chi connectivity index (χ3n) is 3.06. The van der Waals surface area contributed by atoms with E-state index in [1.165, 1.54) is 0 Å². The summed E-state index contributed by atoms with van der Waals surface area (Å²) < 4.78 is 2.83. The monoisotopic (exact) mass is 308 g/mol. The van der Waals surface area contributed by atoms with Crippen LogP contribution in [0.5, 0.6) is 0 Å². The number of aliphatic hydroxyl groups is 1. The quantitative estimate of drug-likeness (QED) is 0.942. The molecular weight excluding hydrogens is 292 g/mol. The van der Waals surface area contributed by atoms with Crippen LogP contribution in [0, 0.1) is 6.92 Å². The van der Waals surface area contributed by atoms with Gasteiger partial charge in [-0.15, -0.1) is 0 Å². The largest absolute Gasteiger partial charge is 0.388 e. The van der Waals surface area contributed by atoms with Gasteiger partial charge in [0, 0.05) is 17.7 Å². The zero-order valence-corrected chi connectivity index (χ0v) is 12.2. The summed E-state index contributed by atoms with van der Waals surface area (Å²) in [5.74, 6) is 0. The first-order chi connectivity index (χ1) is 8.56. The molecule has 1 unspecified atom stereocenters. The maximum Gasteiger partial charge on any atom is 0.0795 e. The average Bonchev–Trinajstić information content (AvgIpc) is 2.72. The van der Waals surface area contributed by atoms with Crippen LogP contribution in [-0.4, -0.2) is 14.9 Å².